The van der Waals surface area contributed by atoms with Crippen molar-refractivity contribution in [3.05, 3.63) is 51.2 Å². The van der Waals surface area contributed by atoms with Crippen LogP contribution in [0.4, 0.5) is 0 Å². The van der Waals surface area contributed by atoms with Gasteiger partial charge in [-0.2, -0.15) is 0 Å². The summed E-state index contributed by atoms with van der Waals surface area (Å²) in [5, 5.41) is 3.48. The van der Waals surface area contributed by atoms with Crippen LogP contribution in [0.1, 0.15) is 23.4 Å². The number of hydrogen-bond acceptors (Lipinski definition) is 3. The van der Waals surface area contributed by atoms with E-state index in [2.05, 4.69) is 30.4 Å². The summed E-state index contributed by atoms with van der Waals surface area (Å²) < 4.78 is 5.98. The molecule has 1 aromatic heterocycles. The average molecular weight is 282 g/mol. The maximum atomic E-state index is 5.90. The van der Waals surface area contributed by atoms with Crippen molar-refractivity contribution in [2.45, 2.75) is 19.5 Å². The molecule has 1 atom stereocenters. The van der Waals surface area contributed by atoms with Gasteiger partial charge in [-0.3, -0.25) is 0 Å². The quantitative estimate of drug-likeness (QED) is 0.884. The van der Waals surface area contributed by atoms with Crippen molar-refractivity contribution < 1.29 is 4.74 Å². The highest BCUT2D eigenvalue weighted by Crippen LogP contribution is 2.22. The highest BCUT2D eigenvalue weighted by atomic mass is 35.5. The van der Waals surface area contributed by atoms with E-state index in [0.717, 1.165) is 16.6 Å². The van der Waals surface area contributed by atoms with Crippen LogP contribution in [0.3, 0.4) is 0 Å². The van der Waals surface area contributed by atoms with Gasteiger partial charge in [-0.25, -0.2) is 0 Å². The van der Waals surface area contributed by atoms with Crippen LogP contribution < -0.4 is 10.1 Å². The van der Waals surface area contributed by atoms with E-state index in [1.165, 1.54) is 10.4 Å². The van der Waals surface area contributed by atoms with Crippen molar-refractivity contribution in [1.82, 2.24) is 5.32 Å². The van der Waals surface area contributed by atoms with Crippen LogP contribution in [0.15, 0.2) is 36.4 Å². The van der Waals surface area contributed by atoms with E-state index in [-0.39, 0.29) is 0 Å². The molecule has 2 nitrogen and oxygen atoms in total. The van der Waals surface area contributed by atoms with Gasteiger partial charge in [0.1, 0.15) is 5.75 Å². The highest BCUT2D eigenvalue weighted by Gasteiger charge is 2.06. The Balaban J connectivity index is 1.92. The van der Waals surface area contributed by atoms with Gasteiger partial charge in [-0.05, 0) is 36.8 Å². The van der Waals surface area contributed by atoms with Gasteiger partial charge >= 0.3 is 0 Å². The van der Waals surface area contributed by atoms with Gasteiger partial charge in [0.05, 0.1) is 11.4 Å². The van der Waals surface area contributed by atoms with Crippen LogP contribution >= 0.6 is 22.9 Å². The fourth-order valence-corrected chi connectivity index (χ4v) is 2.75. The number of benzene rings is 1. The zero-order valence-corrected chi connectivity index (χ0v) is 12.0. The first kappa shape index (κ1) is 13.4. The van der Waals surface area contributed by atoms with Gasteiger partial charge in [0.2, 0.25) is 0 Å². The van der Waals surface area contributed by atoms with Gasteiger partial charge in [-0.1, -0.05) is 23.7 Å². The van der Waals surface area contributed by atoms with Crippen molar-refractivity contribution in [3.63, 3.8) is 0 Å². The molecule has 0 bridgehead atoms. The van der Waals surface area contributed by atoms with Gasteiger partial charge < -0.3 is 10.1 Å². The maximum Gasteiger partial charge on any atom is 0.118 e. The second-order valence-electron chi connectivity index (χ2n) is 4.08. The minimum absolute atomic E-state index is 0.303. The molecule has 18 heavy (non-hydrogen) atoms. The minimum atomic E-state index is 0.303. The van der Waals surface area contributed by atoms with E-state index in [0.29, 0.717) is 6.04 Å². The van der Waals surface area contributed by atoms with E-state index in [9.17, 15) is 0 Å². The second kappa shape index (κ2) is 6.23. The lowest BCUT2D eigenvalue weighted by molar-refractivity contribution is 0.414. The SMILES string of the molecule is COc1ccc([C@H](C)NCc2ccc(Cl)s2)cc1. The summed E-state index contributed by atoms with van der Waals surface area (Å²) in [6.07, 6.45) is 0. The molecule has 0 amide bonds. The average Bonchev–Trinajstić information content (AvgIpc) is 2.82. The predicted molar refractivity (Wildman–Crippen MR) is 77.6 cm³/mol. The van der Waals surface area contributed by atoms with Crippen molar-refractivity contribution >= 4 is 22.9 Å². The molecule has 0 radical (unpaired) electrons. The molecule has 2 aromatic rings. The summed E-state index contributed by atoms with van der Waals surface area (Å²) in [6, 6.07) is 12.4. The molecule has 0 aliphatic heterocycles. The lowest BCUT2D eigenvalue weighted by atomic mass is 10.1. The molecule has 2 rings (SSSR count). The molecule has 0 fully saturated rings. The molecule has 0 aliphatic rings. The molecular formula is C14H16ClNOS. The monoisotopic (exact) mass is 281 g/mol. The molecule has 4 heteroatoms. The van der Waals surface area contributed by atoms with E-state index in [1.807, 2.05) is 18.2 Å². The molecule has 0 saturated heterocycles. The van der Waals surface area contributed by atoms with Gasteiger partial charge in [0, 0.05) is 17.5 Å². The molecule has 0 saturated carbocycles. The zero-order valence-electron chi connectivity index (χ0n) is 10.4. The fourth-order valence-electron chi connectivity index (χ4n) is 1.71. The highest BCUT2D eigenvalue weighted by molar-refractivity contribution is 7.16. The number of ether oxygens (including phenoxy) is 1. The summed E-state index contributed by atoms with van der Waals surface area (Å²) in [7, 11) is 1.68. The Morgan fingerprint density at radius 1 is 1.22 bits per heavy atom. The van der Waals surface area contributed by atoms with Crippen LogP contribution in [0.2, 0.25) is 4.34 Å². The molecule has 1 heterocycles. The Morgan fingerprint density at radius 2 is 1.94 bits per heavy atom. The van der Waals surface area contributed by atoms with Gasteiger partial charge in [-0.15, -0.1) is 11.3 Å². The molecule has 0 aliphatic carbocycles. The third-order valence-electron chi connectivity index (χ3n) is 2.83. The largest absolute Gasteiger partial charge is 0.497 e. The van der Waals surface area contributed by atoms with Crippen LogP contribution in [0, 0.1) is 0 Å². The Bertz CT molecular complexity index is 495. The van der Waals surface area contributed by atoms with Crippen molar-refractivity contribution in [2.24, 2.45) is 0 Å². The van der Waals surface area contributed by atoms with E-state index >= 15 is 0 Å². The van der Waals surface area contributed by atoms with Gasteiger partial charge in [0.15, 0.2) is 0 Å². The lowest BCUT2D eigenvalue weighted by Crippen LogP contribution is -2.17. The minimum Gasteiger partial charge on any atom is -0.497 e. The molecular weight excluding hydrogens is 266 g/mol. The third-order valence-corrected chi connectivity index (χ3v) is 4.06. The van der Waals surface area contributed by atoms with Crippen LogP contribution in [-0.2, 0) is 6.54 Å². The van der Waals surface area contributed by atoms with Crippen molar-refractivity contribution in [1.29, 1.82) is 0 Å². The van der Waals surface area contributed by atoms with E-state index < -0.39 is 0 Å². The summed E-state index contributed by atoms with van der Waals surface area (Å²) in [6.45, 7) is 2.99. The van der Waals surface area contributed by atoms with E-state index in [4.69, 9.17) is 16.3 Å². The second-order valence-corrected chi connectivity index (χ2v) is 5.88. The number of hydrogen-bond donors (Lipinski definition) is 1. The smallest absolute Gasteiger partial charge is 0.118 e. The Morgan fingerprint density at radius 3 is 2.50 bits per heavy atom. The number of thiophene rings is 1. The van der Waals surface area contributed by atoms with Gasteiger partial charge in [0.25, 0.3) is 0 Å². The Kier molecular flexibility index (Phi) is 4.64. The first-order valence-corrected chi connectivity index (χ1v) is 7.00. The summed E-state index contributed by atoms with van der Waals surface area (Å²) in [5.74, 6) is 0.885. The number of methoxy groups -OCH3 is 1. The molecule has 96 valence electrons. The number of rotatable bonds is 5. The summed E-state index contributed by atoms with van der Waals surface area (Å²) >= 11 is 7.52. The van der Waals surface area contributed by atoms with E-state index in [1.54, 1.807) is 18.4 Å². The lowest BCUT2D eigenvalue weighted by Gasteiger charge is -2.14. The maximum absolute atomic E-state index is 5.90. The fraction of sp³-hybridized carbons (Fsp3) is 0.286. The normalized spacial score (nSPS) is 12.4. The predicted octanol–water partition coefficient (Wildman–Crippen LogP) is 4.26. The van der Waals surface area contributed by atoms with Crippen molar-refractivity contribution in [2.75, 3.05) is 7.11 Å². The topological polar surface area (TPSA) is 21.3 Å². The first-order valence-electron chi connectivity index (χ1n) is 5.80. The van der Waals surface area contributed by atoms with Crippen LogP contribution in [0.25, 0.3) is 0 Å². The summed E-state index contributed by atoms with van der Waals surface area (Å²) in [4.78, 5) is 1.25. The van der Waals surface area contributed by atoms with Crippen molar-refractivity contribution in [3.8, 4) is 5.75 Å². The number of halogens is 1. The third kappa shape index (κ3) is 3.48. The number of nitrogens with one attached hydrogen (secondary N) is 1. The Labute approximate surface area is 117 Å². The van der Waals surface area contributed by atoms with Crippen LogP contribution in [-0.4, -0.2) is 7.11 Å². The zero-order chi connectivity index (χ0) is 13.0. The molecule has 1 N–H and O–H groups in total. The molecule has 0 spiro atoms. The Hall–Kier alpha value is -1.03. The summed E-state index contributed by atoms with van der Waals surface area (Å²) in [5.41, 5.74) is 1.25. The molecule has 0 unspecified atom stereocenters. The molecule has 1 aromatic carbocycles. The van der Waals surface area contributed by atoms with Crippen LogP contribution in [0.5, 0.6) is 5.75 Å². The first-order chi connectivity index (χ1) is 8.69. The standard InChI is InChI=1S/C14H16ClNOS/c1-10(11-3-5-12(17-2)6-4-11)16-9-13-7-8-14(15)18-13/h3-8,10,16H,9H2,1-2H3/t10-/m0/s1.